The van der Waals surface area contributed by atoms with Gasteiger partial charge >= 0.3 is 0 Å². The molecule has 1 aliphatic rings. The number of hydrogen-bond donors (Lipinski definition) is 2. The second kappa shape index (κ2) is 7.76. The number of aliphatic hydroxyl groups is 1. The number of carbonyl (C=O) groups is 1. The summed E-state index contributed by atoms with van der Waals surface area (Å²) in [4.78, 5) is 15.6. The van der Waals surface area contributed by atoms with E-state index in [0.29, 0.717) is 12.5 Å². The molecule has 1 aromatic rings. The van der Waals surface area contributed by atoms with Gasteiger partial charge in [0.2, 0.25) is 5.91 Å². The van der Waals surface area contributed by atoms with Crippen LogP contribution in [-0.4, -0.2) is 48.2 Å². The summed E-state index contributed by atoms with van der Waals surface area (Å²) in [6, 6.07) is 4.06. The van der Waals surface area contributed by atoms with E-state index >= 15 is 0 Å². The number of thiophene rings is 1. The maximum absolute atomic E-state index is 12.1. The second-order valence-electron chi connectivity index (χ2n) is 5.46. The van der Waals surface area contributed by atoms with Gasteiger partial charge in [-0.2, -0.15) is 0 Å². The van der Waals surface area contributed by atoms with Crippen molar-refractivity contribution in [1.82, 2.24) is 10.2 Å². The third-order valence-electron chi connectivity index (χ3n) is 4.09. The molecule has 20 heavy (non-hydrogen) atoms. The van der Waals surface area contributed by atoms with E-state index in [1.807, 2.05) is 13.0 Å². The van der Waals surface area contributed by atoms with Crippen LogP contribution in [0, 0.1) is 5.92 Å². The molecule has 1 atom stereocenters. The molecule has 1 saturated heterocycles. The first-order valence-corrected chi connectivity index (χ1v) is 8.23. The summed E-state index contributed by atoms with van der Waals surface area (Å²) in [6.07, 6.45) is 2.88. The maximum Gasteiger partial charge on any atom is 0.237 e. The minimum atomic E-state index is -0.0713. The highest BCUT2D eigenvalue weighted by Gasteiger charge is 2.25. The largest absolute Gasteiger partial charge is 0.396 e. The summed E-state index contributed by atoms with van der Waals surface area (Å²) >= 11 is 1.73. The Morgan fingerprint density at radius 1 is 1.55 bits per heavy atom. The van der Waals surface area contributed by atoms with Crippen LogP contribution in [-0.2, 0) is 11.2 Å². The number of piperidine rings is 1. The van der Waals surface area contributed by atoms with Crippen LogP contribution in [0.1, 0.15) is 24.6 Å². The lowest BCUT2D eigenvalue weighted by Crippen LogP contribution is -2.48. The van der Waals surface area contributed by atoms with Crippen LogP contribution in [0.25, 0.3) is 0 Å². The van der Waals surface area contributed by atoms with E-state index in [-0.39, 0.29) is 18.6 Å². The van der Waals surface area contributed by atoms with E-state index < -0.39 is 0 Å². The Morgan fingerprint density at radius 2 is 2.30 bits per heavy atom. The van der Waals surface area contributed by atoms with Gasteiger partial charge in [0.15, 0.2) is 0 Å². The Hall–Kier alpha value is -0.910. The fraction of sp³-hybridized carbons (Fsp3) is 0.667. The molecule has 2 heterocycles. The van der Waals surface area contributed by atoms with Crippen molar-refractivity contribution in [1.29, 1.82) is 0 Å². The number of carbonyl (C=O) groups excluding carboxylic acids is 1. The minimum Gasteiger partial charge on any atom is -0.396 e. The minimum absolute atomic E-state index is 0.0713. The summed E-state index contributed by atoms with van der Waals surface area (Å²) in [5.74, 6) is 0.532. The number of likely N-dealkylation sites (tertiary alicyclic amines) is 1. The van der Waals surface area contributed by atoms with Gasteiger partial charge in [0.25, 0.3) is 0 Å². The lowest BCUT2D eigenvalue weighted by Gasteiger charge is -2.34. The zero-order valence-corrected chi connectivity index (χ0v) is 12.9. The average Bonchev–Trinajstić information content (AvgIpc) is 2.99. The highest BCUT2D eigenvalue weighted by Crippen LogP contribution is 2.18. The van der Waals surface area contributed by atoms with Crippen molar-refractivity contribution in [2.75, 3.05) is 26.2 Å². The van der Waals surface area contributed by atoms with Gasteiger partial charge in [0.1, 0.15) is 0 Å². The summed E-state index contributed by atoms with van der Waals surface area (Å²) in [5, 5.41) is 14.2. The fourth-order valence-corrected chi connectivity index (χ4v) is 3.31. The van der Waals surface area contributed by atoms with Gasteiger partial charge in [-0.25, -0.2) is 0 Å². The molecule has 1 fully saturated rings. The van der Waals surface area contributed by atoms with Crippen LogP contribution in [0.4, 0.5) is 0 Å². The first-order valence-electron chi connectivity index (χ1n) is 7.35. The number of rotatable bonds is 6. The van der Waals surface area contributed by atoms with Crippen molar-refractivity contribution in [2.24, 2.45) is 5.92 Å². The predicted octanol–water partition coefficient (Wildman–Crippen LogP) is 1.50. The van der Waals surface area contributed by atoms with E-state index in [2.05, 4.69) is 21.7 Å². The van der Waals surface area contributed by atoms with Crippen molar-refractivity contribution < 1.29 is 9.90 Å². The van der Waals surface area contributed by atoms with Gasteiger partial charge in [-0.15, -0.1) is 11.3 Å². The van der Waals surface area contributed by atoms with Gasteiger partial charge in [0, 0.05) is 18.0 Å². The first kappa shape index (κ1) is 15.5. The Morgan fingerprint density at radius 3 is 2.90 bits per heavy atom. The molecule has 0 aliphatic carbocycles. The molecule has 1 aromatic heterocycles. The van der Waals surface area contributed by atoms with E-state index in [1.54, 1.807) is 11.3 Å². The first-order chi connectivity index (χ1) is 9.70. The molecule has 112 valence electrons. The summed E-state index contributed by atoms with van der Waals surface area (Å²) in [6.45, 7) is 4.77. The van der Waals surface area contributed by atoms with E-state index in [1.165, 1.54) is 4.88 Å². The third kappa shape index (κ3) is 4.30. The summed E-state index contributed by atoms with van der Waals surface area (Å²) in [7, 11) is 0. The number of hydrogen-bond acceptors (Lipinski definition) is 4. The summed E-state index contributed by atoms with van der Waals surface area (Å²) < 4.78 is 0. The van der Waals surface area contributed by atoms with Crippen molar-refractivity contribution in [3.63, 3.8) is 0 Å². The molecule has 0 radical (unpaired) electrons. The molecule has 1 amide bonds. The van der Waals surface area contributed by atoms with Crippen LogP contribution in [0.3, 0.4) is 0 Å². The van der Waals surface area contributed by atoms with Gasteiger partial charge in [0.05, 0.1) is 6.04 Å². The molecule has 0 saturated carbocycles. The Labute approximate surface area is 124 Å². The molecule has 2 N–H and O–H groups in total. The van der Waals surface area contributed by atoms with Crippen LogP contribution in [0.2, 0.25) is 0 Å². The zero-order valence-electron chi connectivity index (χ0n) is 12.0. The lowest BCUT2D eigenvalue weighted by atomic mass is 9.97. The standard InChI is InChI=1S/C15H24N2O2S/c1-12(17-8-5-13(11-18)6-9-17)15(19)16-7-4-14-3-2-10-20-14/h2-3,10,12-13,18H,4-9,11H2,1H3,(H,16,19). The smallest absolute Gasteiger partial charge is 0.237 e. The van der Waals surface area contributed by atoms with Crippen LogP contribution in [0.5, 0.6) is 0 Å². The lowest BCUT2D eigenvalue weighted by molar-refractivity contribution is -0.126. The van der Waals surface area contributed by atoms with Gasteiger partial charge in [-0.05, 0) is 56.6 Å². The van der Waals surface area contributed by atoms with Gasteiger partial charge in [-0.1, -0.05) is 6.07 Å². The zero-order chi connectivity index (χ0) is 14.4. The van der Waals surface area contributed by atoms with E-state index in [9.17, 15) is 4.79 Å². The molecular weight excluding hydrogens is 272 g/mol. The topological polar surface area (TPSA) is 52.6 Å². The van der Waals surface area contributed by atoms with Crippen molar-refractivity contribution in [3.8, 4) is 0 Å². The molecule has 0 bridgehead atoms. The number of nitrogens with one attached hydrogen (secondary N) is 1. The van der Waals surface area contributed by atoms with Crippen LogP contribution < -0.4 is 5.32 Å². The normalized spacial score (nSPS) is 18.9. The van der Waals surface area contributed by atoms with Crippen molar-refractivity contribution in [2.45, 2.75) is 32.2 Å². The molecule has 1 unspecified atom stereocenters. The molecular formula is C15H24N2O2S. The fourth-order valence-electron chi connectivity index (χ4n) is 2.60. The third-order valence-corrected chi connectivity index (χ3v) is 5.02. The highest BCUT2D eigenvalue weighted by molar-refractivity contribution is 7.09. The van der Waals surface area contributed by atoms with Crippen molar-refractivity contribution in [3.05, 3.63) is 22.4 Å². The van der Waals surface area contributed by atoms with E-state index in [0.717, 1.165) is 32.4 Å². The predicted molar refractivity (Wildman–Crippen MR) is 81.9 cm³/mol. The molecule has 1 aliphatic heterocycles. The van der Waals surface area contributed by atoms with E-state index in [4.69, 9.17) is 5.11 Å². The number of amides is 1. The van der Waals surface area contributed by atoms with Crippen LogP contribution >= 0.6 is 11.3 Å². The molecule has 0 aromatic carbocycles. The maximum atomic E-state index is 12.1. The SMILES string of the molecule is CC(C(=O)NCCc1cccs1)N1CCC(CO)CC1. The summed E-state index contributed by atoms with van der Waals surface area (Å²) in [5.41, 5.74) is 0. The molecule has 0 spiro atoms. The van der Waals surface area contributed by atoms with Crippen LogP contribution in [0.15, 0.2) is 17.5 Å². The molecule has 2 rings (SSSR count). The number of nitrogens with zero attached hydrogens (tertiary/aromatic N) is 1. The Balaban J connectivity index is 1.69. The van der Waals surface area contributed by atoms with Gasteiger partial charge < -0.3 is 10.4 Å². The monoisotopic (exact) mass is 296 g/mol. The molecule has 5 heteroatoms. The quantitative estimate of drug-likeness (QED) is 0.836. The van der Waals surface area contributed by atoms with Crippen molar-refractivity contribution >= 4 is 17.2 Å². The van der Waals surface area contributed by atoms with Gasteiger partial charge in [-0.3, -0.25) is 9.69 Å². The number of aliphatic hydroxyl groups excluding tert-OH is 1. The molecule has 4 nitrogen and oxygen atoms in total. The Kier molecular flexibility index (Phi) is 6.01. The average molecular weight is 296 g/mol. The highest BCUT2D eigenvalue weighted by atomic mass is 32.1. The second-order valence-corrected chi connectivity index (χ2v) is 6.49. The Bertz CT molecular complexity index is 400.